The second-order valence-corrected chi connectivity index (χ2v) is 5.59. The van der Waals surface area contributed by atoms with Crippen molar-refractivity contribution in [3.05, 3.63) is 0 Å². The maximum atomic E-state index is 11.6. The molecule has 0 aliphatic carbocycles. The Hall–Kier alpha value is -0.660. The minimum atomic E-state index is 0.275. The van der Waals surface area contributed by atoms with Crippen LogP contribution >= 0.6 is 0 Å². The third-order valence-electron chi connectivity index (χ3n) is 3.30. The molecule has 2 unspecified atom stereocenters. The molecule has 0 bridgehead atoms. The second-order valence-electron chi connectivity index (χ2n) is 5.59. The summed E-state index contributed by atoms with van der Waals surface area (Å²) in [6, 6.07) is 0. The van der Waals surface area contributed by atoms with Gasteiger partial charge in [0, 0.05) is 18.3 Å². The number of Topliss-reactive ketones (excluding diaryl/α,β-unsaturated/α-hetero) is 2. The number of unbranched alkanes of at least 4 members (excludes halogenated alkanes) is 1. The lowest BCUT2D eigenvalue weighted by Crippen LogP contribution is -2.19. The van der Waals surface area contributed by atoms with Crippen LogP contribution in [0.2, 0.25) is 0 Å². The van der Waals surface area contributed by atoms with Crippen molar-refractivity contribution in [3.63, 3.8) is 0 Å². The average Bonchev–Trinajstić information content (AvgIpc) is 2.36. The van der Waals surface area contributed by atoms with Crippen molar-refractivity contribution in [2.24, 2.45) is 11.8 Å². The van der Waals surface area contributed by atoms with Gasteiger partial charge in [0.15, 0.2) is 0 Å². The van der Waals surface area contributed by atoms with Crippen LogP contribution in [-0.4, -0.2) is 11.6 Å². The monoisotopic (exact) mass is 270 g/mol. The lowest BCUT2D eigenvalue weighted by Gasteiger charge is -2.14. The van der Waals surface area contributed by atoms with Crippen LogP contribution in [0.4, 0.5) is 0 Å². The Morgan fingerprint density at radius 3 is 1.47 bits per heavy atom. The molecular formula is C17H34O2. The van der Waals surface area contributed by atoms with E-state index in [-0.39, 0.29) is 11.8 Å². The smallest absolute Gasteiger partial charge is 0.138 e. The molecule has 0 aliphatic rings. The van der Waals surface area contributed by atoms with E-state index < -0.39 is 0 Å². The van der Waals surface area contributed by atoms with Gasteiger partial charge < -0.3 is 4.79 Å². The van der Waals surface area contributed by atoms with Gasteiger partial charge in [0.2, 0.25) is 0 Å². The van der Waals surface area contributed by atoms with Gasteiger partial charge in [-0.3, -0.25) is 4.79 Å². The zero-order chi connectivity index (χ0) is 15.3. The lowest BCUT2D eigenvalue weighted by molar-refractivity contribution is -0.126. The molecule has 0 heterocycles. The average molecular weight is 270 g/mol. The summed E-state index contributed by atoms with van der Waals surface area (Å²) < 4.78 is 0. The fraction of sp³-hybridized carbons (Fsp3) is 0.882. The van der Waals surface area contributed by atoms with Crippen molar-refractivity contribution in [2.75, 3.05) is 0 Å². The first-order chi connectivity index (χ1) is 8.90. The highest BCUT2D eigenvalue weighted by Gasteiger charge is 2.17. The molecule has 114 valence electrons. The molecule has 2 nitrogen and oxygen atoms in total. The highest BCUT2D eigenvalue weighted by molar-refractivity contribution is 5.82. The van der Waals surface area contributed by atoms with Crippen LogP contribution < -0.4 is 0 Å². The summed E-state index contributed by atoms with van der Waals surface area (Å²) in [5.74, 6) is 1.31. The van der Waals surface area contributed by atoms with Gasteiger partial charge in [-0.05, 0) is 26.2 Å². The summed E-state index contributed by atoms with van der Waals surface area (Å²) in [6.45, 7) is 12.1. The van der Waals surface area contributed by atoms with Crippen molar-refractivity contribution >= 4 is 11.6 Å². The van der Waals surface area contributed by atoms with Gasteiger partial charge in [-0.1, -0.05) is 53.9 Å². The van der Waals surface area contributed by atoms with Crippen LogP contribution in [0.3, 0.4) is 0 Å². The number of rotatable bonds is 9. The minimum Gasteiger partial charge on any atom is -0.300 e. The van der Waals surface area contributed by atoms with Gasteiger partial charge in [0.1, 0.15) is 11.6 Å². The fourth-order valence-corrected chi connectivity index (χ4v) is 2.06. The van der Waals surface area contributed by atoms with E-state index in [9.17, 15) is 9.59 Å². The topological polar surface area (TPSA) is 34.1 Å². The Balaban J connectivity index is 0. The van der Waals surface area contributed by atoms with E-state index in [1.54, 1.807) is 6.92 Å². The number of hydrogen-bond donors (Lipinski definition) is 0. The fourth-order valence-electron chi connectivity index (χ4n) is 2.06. The molecule has 0 spiro atoms. The lowest BCUT2D eigenvalue weighted by atomic mass is 9.89. The quantitative estimate of drug-likeness (QED) is 0.577. The molecule has 0 fully saturated rings. The van der Waals surface area contributed by atoms with Gasteiger partial charge in [-0.2, -0.15) is 0 Å². The molecule has 0 saturated carbocycles. The zero-order valence-corrected chi connectivity index (χ0v) is 13.9. The molecule has 0 aromatic heterocycles. The minimum absolute atomic E-state index is 0.275. The number of carbonyl (C=O) groups is 2. The Bertz CT molecular complexity index is 219. The van der Waals surface area contributed by atoms with Crippen LogP contribution in [0.25, 0.3) is 0 Å². The number of hydrogen-bond acceptors (Lipinski definition) is 2. The molecule has 2 heteroatoms. The zero-order valence-electron chi connectivity index (χ0n) is 13.9. The molecule has 2 atom stereocenters. The van der Waals surface area contributed by atoms with Crippen molar-refractivity contribution in [2.45, 2.75) is 86.5 Å². The standard InChI is InChI=1S/C11H22O.C6H12O/c1-5-7-9(3)11(12)10(4)8-6-2;1-3-4-5-6(2)7/h9-10H,5-8H2,1-4H3;3-5H2,1-2H3. The van der Waals surface area contributed by atoms with Crippen LogP contribution in [0.15, 0.2) is 0 Å². The van der Waals surface area contributed by atoms with E-state index in [0.717, 1.165) is 44.9 Å². The predicted molar refractivity (Wildman–Crippen MR) is 83.4 cm³/mol. The van der Waals surface area contributed by atoms with E-state index in [1.165, 1.54) is 0 Å². The molecule has 0 rings (SSSR count). The normalized spacial score (nSPS) is 13.2. The summed E-state index contributed by atoms with van der Waals surface area (Å²) in [4.78, 5) is 21.8. The number of ketones is 2. The van der Waals surface area contributed by atoms with Crippen molar-refractivity contribution in [1.29, 1.82) is 0 Å². The summed E-state index contributed by atoms with van der Waals surface area (Å²) in [5, 5.41) is 0. The van der Waals surface area contributed by atoms with Crippen molar-refractivity contribution in [3.8, 4) is 0 Å². The summed E-state index contributed by atoms with van der Waals surface area (Å²) in [7, 11) is 0. The SMILES string of the molecule is CCCC(C)C(=O)C(C)CCC.CCCCC(C)=O. The summed E-state index contributed by atoms with van der Waals surface area (Å²) in [6.07, 6.45) is 7.27. The number of carbonyl (C=O) groups excluding carboxylic acids is 2. The third kappa shape index (κ3) is 13.6. The Morgan fingerprint density at radius 2 is 1.26 bits per heavy atom. The van der Waals surface area contributed by atoms with Gasteiger partial charge in [-0.25, -0.2) is 0 Å². The first kappa shape index (κ1) is 20.7. The van der Waals surface area contributed by atoms with Crippen LogP contribution in [0.5, 0.6) is 0 Å². The van der Waals surface area contributed by atoms with E-state index in [0.29, 0.717) is 11.6 Å². The third-order valence-corrected chi connectivity index (χ3v) is 3.30. The maximum Gasteiger partial charge on any atom is 0.138 e. The molecule has 0 amide bonds. The molecule has 0 N–H and O–H groups in total. The van der Waals surface area contributed by atoms with Crippen molar-refractivity contribution < 1.29 is 9.59 Å². The van der Waals surface area contributed by atoms with Crippen LogP contribution in [0, 0.1) is 11.8 Å². The van der Waals surface area contributed by atoms with E-state index in [2.05, 4.69) is 34.6 Å². The first-order valence-electron chi connectivity index (χ1n) is 7.93. The van der Waals surface area contributed by atoms with Gasteiger partial charge in [-0.15, -0.1) is 0 Å². The summed E-state index contributed by atoms with van der Waals surface area (Å²) in [5.41, 5.74) is 0. The summed E-state index contributed by atoms with van der Waals surface area (Å²) >= 11 is 0. The molecule has 19 heavy (non-hydrogen) atoms. The van der Waals surface area contributed by atoms with Crippen LogP contribution in [-0.2, 0) is 9.59 Å². The van der Waals surface area contributed by atoms with Crippen LogP contribution in [0.1, 0.15) is 86.5 Å². The first-order valence-corrected chi connectivity index (χ1v) is 7.93. The molecule has 0 aromatic carbocycles. The van der Waals surface area contributed by atoms with E-state index >= 15 is 0 Å². The highest BCUT2D eigenvalue weighted by Crippen LogP contribution is 2.16. The molecule has 0 radical (unpaired) electrons. The highest BCUT2D eigenvalue weighted by atomic mass is 16.1. The van der Waals surface area contributed by atoms with Crippen molar-refractivity contribution in [1.82, 2.24) is 0 Å². The van der Waals surface area contributed by atoms with Gasteiger partial charge >= 0.3 is 0 Å². The predicted octanol–water partition coefficient (Wildman–Crippen LogP) is 5.19. The molecule has 0 aromatic rings. The van der Waals surface area contributed by atoms with Gasteiger partial charge in [0.05, 0.1) is 0 Å². The van der Waals surface area contributed by atoms with E-state index in [4.69, 9.17) is 0 Å². The Kier molecular flexibility index (Phi) is 15.0. The molecular weight excluding hydrogens is 236 g/mol. The Morgan fingerprint density at radius 1 is 0.842 bits per heavy atom. The molecule has 0 saturated heterocycles. The van der Waals surface area contributed by atoms with E-state index in [1.807, 2.05) is 0 Å². The largest absolute Gasteiger partial charge is 0.300 e. The molecule has 0 aliphatic heterocycles. The second kappa shape index (κ2) is 13.8. The van der Waals surface area contributed by atoms with Gasteiger partial charge in [0.25, 0.3) is 0 Å². The Labute approximate surface area is 120 Å². The maximum absolute atomic E-state index is 11.6.